The van der Waals surface area contributed by atoms with Crippen LogP contribution in [0.25, 0.3) is 5.69 Å². The maximum Gasteiger partial charge on any atom is 0.338 e. The van der Waals surface area contributed by atoms with Crippen molar-refractivity contribution in [2.45, 2.75) is 6.92 Å². The molecule has 0 N–H and O–H groups in total. The van der Waals surface area contributed by atoms with Crippen molar-refractivity contribution >= 4 is 29.6 Å². The molecule has 0 radical (unpaired) electrons. The summed E-state index contributed by atoms with van der Waals surface area (Å²) in [6.07, 6.45) is 0. The second-order valence-corrected chi connectivity index (χ2v) is 5.41. The first-order valence-electron chi connectivity index (χ1n) is 6.06. The average molecular weight is 344 g/mol. The zero-order valence-corrected chi connectivity index (χ0v) is 13.5. The molecule has 2 rings (SSSR count). The van der Waals surface area contributed by atoms with E-state index in [1.54, 1.807) is 0 Å². The van der Waals surface area contributed by atoms with Crippen molar-refractivity contribution in [2.24, 2.45) is 14.1 Å². The number of hydrogen-bond donors (Lipinski definition) is 0. The zero-order chi connectivity index (χ0) is 16.8. The summed E-state index contributed by atoms with van der Waals surface area (Å²) in [5.41, 5.74) is -1.98. The molecule has 0 spiro atoms. The fourth-order valence-electron chi connectivity index (χ4n) is 1.96. The standard InChI is InChI=1S/C13H11ClFN3O3S/c1-6(19)7-4-10(9(15)5-8(7)14)18-11(20)16(2)13(22)17(3)12(18)21/h4-5H,1-3H3. The molecule has 0 aliphatic heterocycles. The molecule has 0 aliphatic carbocycles. The van der Waals surface area contributed by atoms with Crippen molar-refractivity contribution < 1.29 is 9.18 Å². The lowest BCUT2D eigenvalue weighted by molar-refractivity contribution is 0.101. The predicted octanol–water partition coefficient (Wildman–Crippen LogP) is 1.60. The van der Waals surface area contributed by atoms with Gasteiger partial charge in [0.25, 0.3) is 0 Å². The third-order valence-electron chi connectivity index (χ3n) is 3.19. The van der Waals surface area contributed by atoms with Gasteiger partial charge in [-0.1, -0.05) is 11.6 Å². The average Bonchev–Trinajstić information content (AvgIpc) is 2.45. The van der Waals surface area contributed by atoms with Gasteiger partial charge in [0.15, 0.2) is 10.6 Å². The summed E-state index contributed by atoms with van der Waals surface area (Å²) >= 11 is 10.7. The monoisotopic (exact) mass is 343 g/mol. The van der Waals surface area contributed by atoms with Crippen molar-refractivity contribution in [3.8, 4) is 5.69 Å². The molecule has 6 nitrogen and oxygen atoms in total. The van der Waals surface area contributed by atoms with Gasteiger partial charge in [0, 0.05) is 19.7 Å². The largest absolute Gasteiger partial charge is 0.338 e. The van der Waals surface area contributed by atoms with E-state index in [-0.39, 0.29) is 21.0 Å². The lowest BCUT2D eigenvalue weighted by atomic mass is 10.1. The van der Waals surface area contributed by atoms with E-state index < -0.39 is 23.0 Å². The van der Waals surface area contributed by atoms with Crippen LogP contribution in [0.15, 0.2) is 21.7 Å². The second-order valence-electron chi connectivity index (χ2n) is 4.64. The lowest BCUT2D eigenvalue weighted by Crippen LogP contribution is -2.43. The number of benzene rings is 1. The summed E-state index contributed by atoms with van der Waals surface area (Å²) in [6, 6.07) is 1.97. The first-order valence-corrected chi connectivity index (χ1v) is 6.85. The van der Waals surface area contributed by atoms with Gasteiger partial charge in [-0.2, -0.15) is 0 Å². The molecule has 0 atom stereocenters. The summed E-state index contributed by atoms with van der Waals surface area (Å²) in [5.74, 6) is -1.31. The molecular formula is C13H11ClFN3O3S. The van der Waals surface area contributed by atoms with Gasteiger partial charge in [0.05, 0.1) is 10.7 Å². The van der Waals surface area contributed by atoms with Gasteiger partial charge in [-0.05, 0) is 31.3 Å². The van der Waals surface area contributed by atoms with Crippen LogP contribution in [-0.2, 0) is 14.1 Å². The molecule has 2 aromatic rings. The van der Waals surface area contributed by atoms with Crippen LogP contribution in [0.5, 0.6) is 0 Å². The van der Waals surface area contributed by atoms with E-state index in [2.05, 4.69) is 0 Å². The van der Waals surface area contributed by atoms with Crippen molar-refractivity contribution in [1.29, 1.82) is 0 Å². The molecule has 22 heavy (non-hydrogen) atoms. The van der Waals surface area contributed by atoms with Crippen LogP contribution in [-0.4, -0.2) is 19.5 Å². The second kappa shape index (κ2) is 5.62. The molecule has 0 bridgehead atoms. The summed E-state index contributed by atoms with van der Waals surface area (Å²) in [4.78, 5) is 36.0. The third-order valence-corrected chi connectivity index (χ3v) is 4.05. The molecule has 116 valence electrons. The van der Waals surface area contributed by atoms with Gasteiger partial charge < -0.3 is 0 Å². The molecule has 1 aromatic heterocycles. The van der Waals surface area contributed by atoms with Crippen LogP contribution in [0.4, 0.5) is 4.39 Å². The Balaban J connectivity index is 2.99. The van der Waals surface area contributed by atoms with Crippen LogP contribution < -0.4 is 11.4 Å². The fraction of sp³-hybridized carbons (Fsp3) is 0.231. The van der Waals surface area contributed by atoms with E-state index in [0.717, 1.165) is 21.3 Å². The van der Waals surface area contributed by atoms with E-state index in [1.165, 1.54) is 21.0 Å². The van der Waals surface area contributed by atoms with Gasteiger partial charge >= 0.3 is 11.4 Å². The van der Waals surface area contributed by atoms with Crippen LogP contribution in [0.1, 0.15) is 17.3 Å². The van der Waals surface area contributed by atoms with Gasteiger partial charge in [0.2, 0.25) is 0 Å². The Bertz CT molecular complexity index is 934. The molecule has 0 unspecified atom stereocenters. The highest BCUT2D eigenvalue weighted by molar-refractivity contribution is 7.71. The highest BCUT2D eigenvalue weighted by Crippen LogP contribution is 2.22. The number of halogens is 2. The number of nitrogens with zero attached hydrogens (tertiary/aromatic N) is 3. The van der Waals surface area contributed by atoms with Crippen molar-refractivity contribution in [3.05, 3.63) is 54.3 Å². The normalized spacial score (nSPS) is 10.8. The minimum atomic E-state index is -0.897. The molecular weight excluding hydrogens is 333 g/mol. The van der Waals surface area contributed by atoms with E-state index in [0.29, 0.717) is 4.57 Å². The first kappa shape index (κ1) is 16.3. The molecule has 9 heteroatoms. The van der Waals surface area contributed by atoms with Gasteiger partial charge in [-0.3, -0.25) is 13.9 Å². The van der Waals surface area contributed by atoms with E-state index in [1.807, 2.05) is 0 Å². The van der Waals surface area contributed by atoms with Crippen molar-refractivity contribution in [2.75, 3.05) is 0 Å². The fourth-order valence-corrected chi connectivity index (χ4v) is 2.39. The van der Waals surface area contributed by atoms with Crippen molar-refractivity contribution in [1.82, 2.24) is 13.7 Å². The molecule has 0 amide bonds. The predicted molar refractivity (Wildman–Crippen MR) is 82.1 cm³/mol. The number of carbonyl (C=O) groups excluding carboxylic acids is 1. The summed E-state index contributed by atoms with van der Waals surface area (Å²) in [5, 5.41) is -0.0945. The van der Waals surface area contributed by atoms with Gasteiger partial charge in [0.1, 0.15) is 5.82 Å². The smallest absolute Gasteiger partial charge is 0.294 e. The van der Waals surface area contributed by atoms with E-state index in [9.17, 15) is 18.8 Å². The Morgan fingerprint density at radius 2 is 1.68 bits per heavy atom. The number of ketones is 1. The molecule has 1 heterocycles. The summed E-state index contributed by atoms with van der Waals surface area (Å²) < 4.78 is 16.8. The summed E-state index contributed by atoms with van der Waals surface area (Å²) in [6.45, 7) is 1.25. The zero-order valence-electron chi connectivity index (χ0n) is 11.9. The molecule has 0 aliphatic rings. The van der Waals surface area contributed by atoms with Crippen LogP contribution in [0.2, 0.25) is 5.02 Å². The van der Waals surface area contributed by atoms with Crippen LogP contribution in [0, 0.1) is 10.6 Å². The Hall–Kier alpha value is -2.06. The molecule has 1 aromatic carbocycles. The van der Waals surface area contributed by atoms with Crippen LogP contribution in [0.3, 0.4) is 0 Å². The molecule has 0 fully saturated rings. The third kappa shape index (κ3) is 2.44. The maximum atomic E-state index is 14.2. The minimum Gasteiger partial charge on any atom is -0.294 e. The van der Waals surface area contributed by atoms with Gasteiger partial charge in [-0.15, -0.1) is 0 Å². The van der Waals surface area contributed by atoms with Gasteiger partial charge in [-0.25, -0.2) is 18.5 Å². The van der Waals surface area contributed by atoms with Crippen molar-refractivity contribution in [3.63, 3.8) is 0 Å². The summed E-state index contributed by atoms with van der Waals surface area (Å²) in [7, 11) is 2.72. The Morgan fingerprint density at radius 1 is 1.18 bits per heavy atom. The number of carbonyl (C=O) groups is 1. The maximum absolute atomic E-state index is 14.2. The first-order chi connectivity index (χ1) is 10.2. The quantitative estimate of drug-likeness (QED) is 0.613. The lowest BCUT2D eigenvalue weighted by Gasteiger charge is -2.12. The molecule has 0 saturated heterocycles. The highest BCUT2D eigenvalue weighted by Gasteiger charge is 2.18. The minimum absolute atomic E-state index is 0.00702. The topological polar surface area (TPSA) is 66.0 Å². The van der Waals surface area contributed by atoms with Crippen LogP contribution >= 0.6 is 23.8 Å². The number of Topliss-reactive ketones (excluding diaryl/α,β-unsaturated/α-hetero) is 1. The Labute approximate surface area is 134 Å². The molecule has 0 saturated carbocycles. The number of aromatic nitrogens is 3. The SMILES string of the molecule is CC(=O)c1cc(-n2c(=O)n(C)c(=S)n(C)c2=O)c(F)cc1Cl. The van der Waals surface area contributed by atoms with E-state index in [4.69, 9.17) is 23.8 Å². The number of rotatable bonds is 2. The highest BCUT2D eigenvalue weighted by atomic mass is 35.5. The van der Waals surface area contributed by atoms with E-state index >= 15 is 0 Å². The Kier molecular flexibility index (Phi) is 4.17. The number of hydrogen-bond acceptors (Lipinski definition) is 4. The Morgan fingerprint density at radius 3 is 2.14 bits per heavy atom.